The van der Waals surface area contributed by atoms with E-state index in [-0.39, 0.29) is 0 Å². The van der Waals surface area contributed by atoms with Gasteiger partial charge in [0.05, 0.1) is 0 Å². The largest absolute Gasteiger partial charge is 0.263 e. The maximum atomic E-state index is 3.83. The normalized spacial score (nSPS) is 10.3. The summed E-state index contributed by atoms with van der Waals surface area (Å²) in [5.74, 6) is 0. The average Bonchev–Trinajstić information content (AvgIpc) is 1.91. The molecule has 0 aliphatic rings. The molecule has 0 nitrogen and oxygen atoms in total. The number of hydrogen-bond acceptors (Lipinski definition) is 1. The summed E-state index contributed by atoms with van der Waals surface area (Å²) in [7, 11) is 0. The van der Waals surface area contributed by atoms with Crippen LogP contribution in [0.4, 0.5) is 0 Å². The molecule has 0 aromatic heterocycles. The Morgan fingerprint density at radius 3 is 2.44 bits per heavy atom. The number of benzene rings is 1. The summed E-state index contributed by atoms with van der Waals surface area (Å²) in [5.41, 5.74) is 1.13. The van der Waals surface area contributed by atoms with Gasteiger partial charge < -0.3 is 0 Å². The van der Waals surface area contributed by atoms with Crippen molar-refractivity contribution in [2.24, 2.45) is 0 Å². The van der Waals surface area contributed by atoms with Crippen LogP contribution in [0.25, 0.3) is 6.08 Å². The second kappa shape index (κ2) is 3.36. The first kappa shape index (κ1) is 6.43. The average molecular weight is 135 g/mol. The van der Waals surface area contributed by atoms with Crippen LogP contribution in [0.5, 0.6) is 0 Å². The second-order valence-electron chi connectivity index (χ2n) is 1.68. The number of thiol groups is 1. The lowest BCUT2D eigenvalue weighted by molar-refractivity contribution is 1.66. The molecule has 0 spiro atoms. The fraction of sp³-hybridized carbons (Fsp3) is 0. The van der Waals surface area contributed by atoms with E-state index in [1.165, 1.54) is 0 Å². The van der Waals surface area contributed by atoms with Gasteiger partial charge in [-0.3, -0.25) is 12.6 Å². The third-order valence-electron chi connectivity index (χ3n) is 1.03. The Hall–Kier alpha value is -0.690. The molecule has 1 aromatic carbocycles. The van der Waals surface area contributed by atoms with E-state index in [9.17, 15) is 0 Å². The van der Waals surface area contributed by atoms with Gasteiger partial charge in [-0.15, -0.1) is 12.1 Å². The summed E-state index contributed by atoms with van der Waals surface area (Å²) >= 11 is 3.83. The molecule has 0 saturated carbocycles. The molecular formula is C8H7S-. The van der Waals surface area contributed by atoms with Gasteiger partial charge in [-0.1, -0.05) is 18.2 Å². The van der Waals surface area contributed by atoms with Crippen molar-refractivity contribution in [3.05, 3.63) is 41.3 Å². The minimum absolute atomic E-state index is 1.13. The molecule has 0 amide bonds. The summed E-state index contributed by atoms with van der Waals surface area (Å²) in [5, 5.41) is 2.65. The van der Waals surface area contributed by atoms with Crippen molar-refractivity contribution in [3.8, 4) is 0 Å². The standard InChI is InChI=1S/C8H7S/c9-7-6-8-4-2-1-3-5-8/h1-6,9H/q-1. The molecule has 46 valence electrons. The Balaban J connectivity index is 2.85. The van der Waals surface area contributed by atoms with E-state index in [1.54, 1.807) is 0 Å². The molecule has 0 aliphatic carbocycles. The smallest absolute Gasteiger partial charge is 0.0653 e. The molecule has 0 heterocycles. The van der Waals surface area contributed by atoms with E-state index in [4.69, 9.17) is 0 Å². The van der Waals surface area contributed by atoms with Gasteiger partial charge in [0, 0.05) is 0 Å². The molecule has 0 aliphatic heterocycles. The monoisotopic (exact) mass is 135 g/mol. The highest BCUT2D eigenvalue weighted by molar-refractivity contribution is 7.82. The predicted molar refractivity (Wildman–Crippen MR) is 43.1 cm³/mol. The van der Waals surface area contributed by atoms with Crippen molar-refractivity contribution < 1.29 is 0 Å². The van der Waals surface area contributed by atoms with Gasteiger partial charge in [0.15, 0.2) is 0 Å². The molecule has 1 heteroatoms. The summed E-state index contributed by atoms with van der Waals surface area (Å²) in [6, 6.07) is 9.95. The van der Waals surface area contributed by atoms with Gasteiger partial charge in [-0.2, -0.15) is 5.56 Å². The summed E-state index contributed by atoms with van der Waals surface area (Å²) in [6.45, 7) is 0. The Morgan fingerprint density at radius 1 is 1.22 bits per heavy atom. The highest BCUT2D eigenvalue weighted by Gasteiger charge is 1.67. The molecular weight excluding hydrogens is 128 g/mol. The van der Waals surface area contributed by atoms with Crippen LogP contribution in [0.15, 0.2) is 30.3 Å². The molecule has 0 N–H and O–H groups in total. The Bertz CT molecular complexity index is 189. The minimum atomic E-state index is 1.13. The SMILES string of the molecule is S[C-]=Cc1ccccc1. The van der Waals surface area contributed by atoms with Crippen molar-refractivity contribution in [2.45, 2.75) is 0 Å². The quantitative estimate of drug-likeness (QED) is 0.443. The van der Waals surface area contributed by atoms with Crippen LogP contribution in [0, 0.1) is 5.41 Å². The van der Waals surface area contributed by atoms with Gasteiger partial charge in [0.2, 0.25) is 0 Å². The van der Waals surface area contributed by atoms with Crippen LogP contribution >= 0.6 is 12.6 Å². The summed E-state index contributed by atoms with van der Waals surface area (Å²) < 4.78 is 0. The van der Waals surface area contributed by atoms with E-state index < -0.39 is 0 Å². The van der Waals surface area contributed by atoms with Crippen LogP contribution in [0.3, 0.4) is 0 Å². The van der Waals surface area contributed by atoms with E-state index in [1.807, 2.05) is 36.4 Å². The molecule has 0 unspecified atom stereocenters. The summed E-state index contributed by atoms with van der Waals surface area (Å²) in [4.78, 5) is 0. The third kappa shape index (κ3) is 1.94. The van der Waals surface area contributed by atoms with E-state index in [0.29, 0.717) is 0 Å². The highest BCUT2D eigenvalue weighted by Crippen LogP contribution is 2.00. The lowest BCUT2D eigenvalue weighted by Crippen LogP contribution is -1.65. The predicted octanol–water partition coefficient (Wildman–Crippen LogP) is 2.39. The minimum Gasteiger partial charge on any atom is -0.263 e. The highest BCUT2D eigenvalue weighted by atomic mass is 32.1. The molecule has 1 rings (SSSR count). The zero-order valence-electron chi connectivity index (χ0n) is 4.91. The maximum Gasteiger partial charge on any atom is -0.0653 e. The molecule has 0 atom stereocenters. The maximum absolute atomic E-state index is 3.83. The Kier molecular flexibility index (Phi) is 2.40. The van der Waals surface area contributed by atoms with Crippen molar-refractivity contribution in [1.29, 1.82) is 0 Å². The second-order valence-corrected chi connectivity index (χ2v) is 1.94. The first-order valence-electron chi connectivity index (χ1n) is 2.71. The third-order valence-corrected chi connectivity index (χ3v) is 1.16. The molecule has 0 radical (unpaired) electrons. The fourth-order valence-electron chi connectivity index (χ4n) is 0.624. The van der Waals surface area contributed by atoms with E-state index >= 15 is 0 Å². The van der Waals surface area contributed by atoms with Crippen LogP contribution in [-0.4, -0.2) is 0 Å². The van der Waals surface area contributed by atoms with Gasteiger partial charge in [0.25, 0.3) is 0 Å². The fourth-order valence-corrected chi connectivity index (χ4v) is 0.773. The van der Waals surface area contributed by atoms with E-state index in [2.05, 4.69) is 18.0 Å². The van der Waals surface area contributed by atoms with Crippen molar-refractivity contribution in [2.75, 3.05) is 0 Å². The Morgan fingerprint density at radius 2 is 1.89 bits per heavy atom. The molecule has 0 fully saturated rings. The van der Waals surface area contributed by atoms with Gasteiger partial charge in [0.1, 0.15) is 0 Å². The number of rotatable bonds is 1. The molecule has 1 aromatic rings. The van der Waals surface area contributed by atoms with Crippen molar-refractivity contribution in [1.82, 2.24) is 0 Å². The Labute approximate surface area is 60.6 Å². The zero-order valence-corrected chi connectivity index (χ0v) is 5.81. The van der Waals surface area contributed by atoms with Gasteiger partial charge >= 0.3 is 0 Å². The van der Waals surface area contributed by atoms with Crippen LogP contribution in [0.2, 0.25) is 0 Å². The van der Waals surface area contributed by atoms with Crippen LogP contribution < -0.4 is 0 Å². The van der Waals surface area contributed by atoms with Gasteiger partial charge in [-0.05, 0) is 0 Å². The lowest BCUT2D eigenvalue weighted by Gasteiger charge is -1.97. The number of hydrogen-bond donors (Lipinski definition) is 1. The topological polar surface area (TPSA) is 0 Å². The molecule has 0 bridgehead atoms. The van der Waals surface area contributed by atoms with Gasteiger partial charge in [-0.25, -0.2) is 11.5 Å². The van der Waals surface area contributed by atoms with Crippen LogP contribution in [0.1, 0.15) is 5.56 Å². The zero-order chi connectivity index (χ0) is 6.53. The molecule has 0 saturated heterocycles. The lowest BCUT2D eigenvalue weighted by atomic mass is 10.2. The van der Waals surface area contributed by atoms with E-state index in [0.717, 1.165) is 5.56 Å². The summed E-state index contributed by atoms with van der Waals surface area (Å²) in [6.07, 6.45) is 1.82. The van der Waals surface area contributed by atoms with Crippen molar-refractivity contribution in [3.63, 3.8) is 0 Å². The van der Waals surface area contributed by atoms with Crippen LogP contribution in [-0.2, 0) is 0 Å². The van der Waals surface area contributed by atoms with Crippen molar-refractivity contribution >= 4 is 18.7 Å². The first-order valence-corrected chi connectivity index (χ1v) is 3.16. The first-order chi connectivity index (χ1) is 4.43. The molecule has 9 heavy (non-hydrogen) atoms.